The van der Waals surface area contributed by atoms with E-state index < -0.39 is 5.41 Å². The van der Waals surface area contributed by atoms with E-state index in [1.807, 2.05) is 18.2 Å². The van der Waals surface area contributed by atoms with Gasteiger partial charge in [0.05, 0.1) is 5.41 Å². The second kappa shape index (κ2) is 7.64. The summed E-state index contributed by atoms with van der Waals surface area (Å²) in [6.07, 6.45) is 5.70. The minimum absolute atomic E-state index is 0.0972. The minimum atomic E-state index is -0.420. The van der Waals surface area contributed by atoms with Crippen LogP contribution in [0.15, 0.2) is 41.2 Å². The molecular weight excluding hydrogens is 314 g/mol. The van der Waals surface area contributed by atoms with E-state index in [9.17, 15) is 9.59 Å². The second-order valence-corrected chi connectivity index (χ2v) is 6.84. The topological polar surface area (TPSA) is 74.8 Å². The zero-order chi connectivity index (χ0) is 17.7. The SMILES string of the molecule is Cc1nc(CCNC(=O)C2(c3ccccc3)CCCCC2)cc(=O)[nH]1. The van der Waals surface area contributed by atoms with Crippen LogP contribution in [0.4, 0.5) is 0 Å². The van der Waals surface area contributed by atoms with Crippen LogP contribution in [-0.2, 0) is 16.6 Å². The molecule has 0 bridgehead atoms. The van der Waals surface area contributed by atoms with E-state index in [4.69, 9.17) is 0 Å². The van der Waals surface area contributed by atoms with Crippen LogP contribution in [0.3, 0.4) is 0 Å². The first-order valence-corrected chi connectivity index (χ1v) is 9.01. The van der Waals surface area contributed by atoms with Crippen LogP contribution in [-0.4, -0.2) is 22.4 Å². The summed E-state index contributed by atoms with van der Waals surface area (Å²) in [5, 5.41) is 3.09. The van der Waals surface area contributed by atoms with Gasteiger partial charge in [-0.15, -0.1) is 0 Å². The van der Waals surface area contributed by atoms with E-state index in [0.29, 0.717) is 24.5 Å². The van der Waals surface area contributed by atoms with Crippen molar-refractivity contribution in [3.05, 3.63) is 63.8 Å². The smallest absolute Gasteiger partial charge is 0.251 e. The number of carbonyl (C=O) groups excluding carboxylic acids is 1. The summed E-state index contributed by atoms with van der Waals surface area (Å²) in [5.41, 5.74) is 1.25. The number of aryl methyl sites for hydroxylation is 1. The predicted molar refractivity (Wildman–Crippen MR) is 97.5 cm³/mol. The van der Waals surface area contributed by atoms with Crippen molar-refractivity contribution in [2.45, 2.75) is 50.9 Å². The van der Waals surface area contributed by atoms with Gasteiger partial charge in [0.2, 0.25) is 5.91 Å². The van der Waals surface area contributed by atoms with Crippen molar-refractivity contribution in [2.75, 3.05) is 6.54 Å². The van der Waals surface area contributed by atoms with Gasteiger partial charge in [-0.05, 0) is 25.3 Å². The molecular formula is C20H25N3O2. The summed E-state index contributed by atoms with van der Waals surface area (Å²) >= 11 is 0. The number of aromatic amines is 1. The lowest BCUT2D eigenvalue weighted by atomic mass is 9.68. The van der Waals surface area contributed by atoms with Crippen LogP contribution in [0.5, 0.6) is 0 Å². The first-order valence-electron chi connectivity index (χ1n) is 9.01. The van der Waals surface area contributed by atoms with Gasteiger partial charge in [0.1, 0.15) is 5.82 Å². The third-order valence-corrected chi connectivity index (χ3v) is 5.05. The summed E-state index contributed by atoms with van der Waals surface area (Å²) in [4.78, 5) is 31.5. The number of rotatable bonds is 5. The van der Waals surface area contributed by atoms with Gasteiger partial charge in [-0.25, -0.2) is 4.98 Å². The molecule has 0 atom stereocenters. The van der Waals surface area contributed by atoms with Crippen molar-refractivity contribution < 1.29 is 4.79 Å². The Kier molecular flexibility index (Phi) is 5.31. The highest BCUT2D eigenvalue weighted by Gasteiger charge is 2.40. The lowest BCUT2D eigenvalue weighted by Crippen LogP contribution is -2.46. The van der Waals surface area contributed by atoms with E-state index in [1.165, 1.54) is 12.5 Å². The molecule has 5 nitrogen and oxygen atoms in total. The quantitative estimate of drug-likeness (QED) is 0.879. The highest BCUT2D eigenvalue weighted by Crippen LogP contribution is 2.39. The van der Waals surface area contributed by atoms with Gasteiger partial charge >= 0.3 is 0 Å². The molecule has 1 saturated carbocycles. The third kappa shape index (κ3) is 3.98. The zero-order valence-electron chi connectivity index (χ0n) is 14.7. The molecule has 1 aromatic carbocycles. The number of H-pyrrole nitrogens is 1. The monoisotopic (exact) mass is 339 g/mol. The predicted octanol–water partition coefficient (Wildman–Crippen LogP) is 2.64. The number of hydrogen-bond acceptors (Lipinski definition) is 3. The zero-order valence-corrected chi connectivity index (χ0v) is 14.7. The molecule has 1 aromatic heterocycles. The van der Waals surface area contributed by atoms with Crippen LogP contribution in [0.25, 0.3) is 0 Å². The van der Waals surface area contributed by atoms with E-state index in [-0.39, 0.29) is 11.5 Å². The molecule has 3 rings (SSSR count). The second-order valence-electron chi connectivity index (χ2n) is 6.84. The minimum Gasteiger partial charge on any atom is -0.355 e. The van der Waals surface area contributed by atoms with Crippen molar-refractivity contribution >= 4 is 5.91 Å². The van der Waals surface area contributed by atoms with Crippen LogP contribution in [0.2, 0.25) is 0 Å². The number of nitrogens with one attached hydrogen (secondary N) is 2. The van der Waals surface area contributed by atoms with E-state index in [2.05, 4.69) is 27.4 Å². The molecule has 1 aliphatic rings. The molecule has 132 valence electrons. The molecule has 2 aromatic rings. The average Bonchev–Trinajstić information content (AvgIpc) is 2.62. The molecule has 2 N–H and O–H groups in total. The fourth-order valence-electron chi connectivity index (χ4n) is 3.80. The molecule has 1 fully saturated rings. The summed E-state index contributed by atoms with van der Waals surface area (Å²) in [6, 6.07) is 11.6. The Morgan fingerprint density at radius 1 is 1.20 bits per heavy atom. The summed E-state index contributed by atoms with van der Waals surface area (Å²) in [6.45, 7) is 2.25. The standard InChI is InChI=1S/C20H25N3O2/c1-15-22-17(14-18(24)23-15)10-13-21-19(25)20(11-6-3-7-12-20)16-8-4-2-5-9-16/h2,4-5,8-9,14H,3,6-7,10-13H2,1H3,(H,21,25)(H,22,23,24). The van der Waals surface area contributed by atoms with Gasteiger partial charge in [0, 0.05) is 24.7 Å². The number of amides is 1. The Balaban J connectivity index is 1.70. The Morgan fingerprint density at radius 2 is 1.92 bits per heavy atom. The number of nitrogens with zero attached hydrogens (tertiary/aromatic N) is 1. The van der Waals surface area contributed by atoms with E-state index >= 15 is 0 Å². The summed E-state index contributed by atoms with van der Waals surface area (Å²) in [5.74, 6) is 0.696. The van der Waals surface area contributed by atoms with Gasteiger partial charge in [0.25, 0.3) is 5.56 Å². The molecule has 1 heterocycles. The van der Waals surface area contributed by atoms with E-state index in [1.54, 1.807) is 6.92 Å². The molecule has 0 radical (unpaired) electrons. The van der Waals surface area contributed by atoms with Crippen LogP contribution in [0.1, 0.15) is 49.2 Å². The number of aromatic nitrogens is 2. The third-order valence-electron chi connectivity index (χ3n) is 5.05. The Labute approximate surface area is 147 Å². The van der Waals surface area contributed by atoms with Gasteiger partial charge in [0.15, 0.2) is 0 Å². The lowest BCUT2D eigenvalue weighted by Gasteiger charge is -2.36. The first-order chi connectivity index (χ1) is 12.1. The molecule has 5 heteroatoms. The van der Waals surface area contributed by atoms with Crippen molar-refractivity contribution in [3.8, 4) is 0 Å². The Bertz CT molecular complexity index is 777. The van der Waals surface area contributed by atoms with Crippen LogP contribution in [0, 0.1) is 6.92 Å². The normalized spacial score (nSPS) is 16.4. The van der Waals surface area contributed by atoms with Crippen molar-refractivity contribution in [1.29, 1.82) is 0 Å². The molecule has 0 aliphatic heterocycles. The highest BCUT2D eigenvalue weighted by molar-refractivity contribution is 5.88. The van der Waals surface area contributed by atoms with Gasteiger partial charge in [-0.2, -0.15) is 0 Å². The highest BCUT2D eigenvalue weighted by atomic mass is 16.2. The fraction of sp³-hybridized carbons (Fsp3) is 0.450. The van der Waals surface area contributed by atoms with Gasteiger partial charge in [-0.3, -0.25) is 9.59 Å². The summed E-state index contributed by atoms with van der Waals surface area (Å²) < 4.78 is 0. The summed E-state index contributed by atoms with van der Waals surface area (Å²) in [7, 11) is 0. The van der Waals surface area contributed by atoms with Crippen molar-refractivity contribution in [1.82, 2.24) is 15.3 Å². The maximum Gasteiger partial charge on any atom is 0.251 e. The maximum absolute atomic E-state index is 13.0. The molecule has 0 saturated heterocycles. The first kappa shape index (κ1) is 17.4. The Morgan fingerprint density at radius 3 is 2.60 bits per heavy atom. The number of hydrogen-bond donors (Lipinski definition) is 2. The van der Waals surface area contributed by atoms with Crippen molar-refractivity contribution in [3.63, 3.8) is 0 Å². The largest absolute Gasteiger partial charge is 0.355 e. The average molecular weight is 339 g/mol. The van der Waals surface area contributed by atoms with E-state index in [0.717, 1.165) is 31.2 Å². The van der Waals surface area contributed by atoms with Gasteiger partial charge < -0.3 is 10.3 Å². The van der Waals surface area contributed by atoms with Gasteiger partial charge in [-0.1, -0.05) is 49.6 Å². The molecule has 0 unspecified atom stereocenters. The van der Waals surface area contributed by atoms with Crippen molar-refractivity contribution in [2.24, 2.45) is 0 Å². The lowest BCUT2D eigenvalue weighted by molar-refractivity contribution is -0.128. The van der Waals surface area contributed by atoms with Crippen LogP contribution >= 0.6 is 0 Å². The number of benzene rings is 1. The van der Waals surface area contributed by atoms with Crippen LogP contribution < -0.4 is 10.9 Å². The molecule has 0 spiro atoms. The maximum atomic E-state index is 13.0. The molecule has 1 aliphatic carbocycles. The molecule has 1 amide bonds. The Hall–Kier alpha value is -2.43. The number of carbonyl (C=O) groups is 1. The fourth-order valence-corrected chi connectivity index (χ4v) is 3.80. The molecule has 25 heavy (non-hydrogen) atoms.